The van der Waals surface area contributed by atoms with Crippen molar-refractivity contribution in [1.82, 2.24) is 10.2 Å². The smallest absolute Gasteiger partial charge is 0.314 e. The number of hydrogen-bond acceptors (Lipinski definition) is 6. The van der Waals surface area contributed by atoms with Crippen molar-refractivity contribution in [2.75, 3.05) is 25.4 Å². The standard InChI is InChI=1S/C17H30N2O5S/c1-6-12(5)16(22)18-13(17(23)19(7-2)8-3)11-25-15(21)10-14(20)24-9-4/h12-13H,6-11H2,1-5H3,(H,18,22). The van der Waals surface area contributed by atoms with E-state index in [0.29, 0.717) is 19.5 Å². The number of thioether (sulfide) groups is 1. The number of nitrogens with zero attached hydrogens (tertiary/aromatic N) is 1. The lowest BCUT2D eigenvalue weighted by Gasteiger charge is -2.26. The van der Waals surface area contributed by atoms with E-state index in [1.165, 1.54) is 0 Å². The molecule has 8 heteroatoms. The summed E-state index contributed by atoms with van der Waals surface area (Å²) in [4.78, 5) is 49.5. The molecule has 0 aliphatic rings. The predicted octanol–water partition coefficient (Wildman–Crippen LogP) is 1.60. The molecule has 0 aromatic rings. The fourth-order valence-corrected chi connectivity index (χ4v) is 2.79. The van der Waals surface area contributed by atoms with E-state index in [0.717, 1.165) is 11.8 Å². The van der Waals surface area contributed by atoms with E-state index in [-0.39, 0.29) is 41.6 Å². The highest BCUT2D eigenvalue weighted by Crippen LogP contribution is 2.12. The first-order valence-electron chi connectivity index (χ1n) is 8.70. The first kappa shape index (κ1) is 23.4. The monoisotopic (exact) mass is 374 g/mol. The summed E-state index contributed by atoms with van der Waals surface area (Å²) >= 11 is 0.865. The van der Waals surface area contributed by atoms with E-state index < -0.39 is 12.0 Å². The molecule has 0 spiro atoms. The van der Waals surface area contributed by atoms with Crippen molar-refractivity contribution in [3.8, 4) is 0 Å². The number of hydrogen-bond donors (Lipinski definition) is 1. The quantitative estimate of drug-likeness (QED) is 0.436. The van der Waals surface area contributed by atoms with Gasteiger partial charge in [0, 0.05) is 24.8 Å². The Morgan fingerprint density at radius 3 is 2.16 bits per heavy atom. The minimum atomic E-state index is -0.794. The van der Waals surface area contributed by atoms with Gasteiger partial charge in [-0.25, -0.2) is 0 Å². The molecule has 0 saturated carbocycles. The van der Waals surface area contributed by atoms with Crippen LogP contribution in [0.25, 0.3) is 0 Å². The highest BCUT2D eigenvalue weighted by atomic mass is 32.2. The second-order valence-electron chi connectivity index (χ2n) is 5.55. The molecule has 0 rings (SSSR count). The van der Waals surface area contributed by atoms with E-state index in [1.54, 1.807) is 18.7 Å². The Bertz CT molecular complexity index is 466. The normalized spacial score (nSPS) is 12.8. The van der Waals surface area contributed by atoms with Gasteiger partial charge in [-0.05, 0) is 27.2 Å². The molecule has 144 valence electrons. The number of carbonyl (C=O) groups excluding carboxylic acids is 4. The molecular weight excluding hydrogens is 344 g/mol. The number of ether oxygens (including phenoxy) is 1. The molecule has 0 aromatic carbocycles. The van der Waals surface area contributed by atoms with Crippen molar-refractivity contribution in [3.63, 3.8) is 0 Å². The molecule has 0 heterocycles. The van der Waals surface area contributed by atoms with Gasteiger partial charge >= 0.3 is 5.97 Å². The first-order chi connectivity index (χ1) is 11.8. The van der Waals surface area contributed by atoms with Crippen molar-refractivity contribution >= 4 is 34.7 Å². The molecule has 0 radical (unpaired) electrons. The Balaban J connectivity index is 4.89. The SMILES string of the molecule is CCOC(=O)CC(=O)SCC(NC(=O)C(C)CC)C(=O)N(CC)CC. The molecule has 7 nitrogen and oxygen atoms in total. The van der Waals surface area contributed by atoms with Gasteiger partial charge in [0.05, 0.1) is 6.61 Å². The van der Waals surface area contributed by atoms with Gasteiger partial charge in [-0.3, -0.25) is 19.2 Å². The van der Waals surface area contributed by atoms with Crippen LogP contribution in [0, 0.1) is 5.92 Å². The molecule has 0 aliphatic carbocycles. The molecule has 0 bridgehead atoms. The summed E-state index contributed by atoms with van der Waals surface area (Å²) in [6.45, 7) is 10.3. The summed E-state index contributed by atoms with van der Waals surface area (Å²) in [5.41, 5.74) is 0. The molecule has 0 aliphatic heterocycles. The summed E-state index contributed by atoms with van der Waals surface area (Å²) in [5.74, 6) is -1.15. The van der Waals surface area contributed by atoms with Crippen LogP contribution in [0.1, 0.15) is 47.5 Å². The zero-order chi connectivity index (χ0) is 19.4. The third-order valence-corrected chi connectivity index (χ3v) is 4.72. The Labute approximate surface area is 154 Å². The van der Waals surface area contributed by atoms with Crippen LogP contribution in [0.4, 0.5) is 0 Å². The van der Waals surface area contributed by atoms with Gasteiger partial charge in [0.25, 0.3) is 0 Å². The first-order valence-corrected chi connectivity index (χ1v) is 9.69. The zero-order valence-corrected chi connectivity index (χ0v) is 16.6. The summed E-state index contributed by atoms with van der Waals surface area (Å²) in [5, 5.41) is 2.35. The van der Waals surface area contributed by atoms with Crippen molar-refractivity contribution < 1.29 is 23.9 Å². The number of nitrogens with one attached hydrogen (secondary N) is 1. The zero-order valence-electron chi connectivity index (χ0n) is 15.8. The van der Waals surface area contributed by atoms with Gasteiger partial charge in [-0.2, -0.15) is 0 Å². The topological polar surface area (TPSA) is 92.8 Å². The summed E-state index contributed by atoms with van der Waals surface area (Å²) in [6.07, 6.45) is 0.316. The van der Waals surface area contributed by atoms with E-state index in [4.69, 9.17) is 4.74 Å². The van der Waals surface area contributed by atoms with Crippen LogP contribution < -0.4 is 5.32 Å². The van der Waals surface area contributed by atoms with Gasteiger partial charge in [0.2, 0.25) is 11.8 Å². The van der Waals surface area contributed by atoms with Gasteiger partial charge in [0.15, 0.2) is 5.12 Å². The third-order valence-electron chi connectivity index (χ3n) is 3.75. The van der Waals surface area contributed by atoms with Crippen LogP contribution in [-0.2, 0) is 23.9 Å². The second kappa shape index (κ2) is 12.7. The van der Waals surface area contributed by atoms with E-state index in [1.807, 2.05) is 20.8 Å². The maximum Gasteiger partial charge on any atom is 0.314 e. The Morgan fingerprint density at radius 1 is 1.08 bits per heavy atom. The van der Waals surface area contributed by atoms with Crippen LogP contribution in [0.5, 0.6) is 0 Å². The number of esters is 1. The third kappa shape index (κ3) is 8.90. The number of carbonyl (C=O) groups is 4. The molecule has 0 aromatic heterocycles. The van der Waals surface area contributed by atoms with Crippen LogP contribution in [0.2, 0.25) is 0 Å². The summed E-state index contributed by atoms with van der Waals surface area (Å²) < 4.78 is 4.73. The maximum atomic E-state index is 12.6. The molecule has 2 amide bonds. The largest absolute Gasteiger partial charge is 0.466 e. The molecule has 0 saturated heterocycles. The molecule has 2 unspecified atom stereocenters. The lowest BCUT2D eigenvalue weighted by Crippen LogP contribution is -2.51. The summed E-state index contributed by atoms with van der Waals surface area (Å²) in [7, 11) is 0. The van der Waals surface area contributed by atoms with Crippen molar-refractivity contribution in [1.29, 1.82) is 0 Å². The molecule has 25 heavy (non-hydrogen) atoms. The van der Waals surface area contributed by atoms with Gasteiger partial charge in [-0.15, -0.1) is 0 Å². The van der Waals surface area contributed by atoms with Gasteiger partial charge < -0.3 is 15.0 Å². The molecule has 1 N–H and O–H groups in total. The van der Waals surface area contributed by atoms with Crippen LogP contribution in [-0.4, -0.2) is 59.3 Å². The lowest BCUT2D eigenvalue weighted by atomic mass is 10.1. The second-order valence-corrected chi connectivity index (χ2v) is 6.62. The average molecular weight is 375 g/mol. The summed E-state index contributed by atoms with van der Waals surface area (Å²) in [6, 6.07) is -0.794. The van der Waals surface area contributed by atoms with E-state index in [2.05, 4.69) is 5.32 Å². The minimum absolute atomic E-state index is 0.0930. The number of amides is 2. The van der Waals surface area contributed by atoms with E-state index in [9.17, 15) is 19.2 Å². The van der Waals surface area contributed by atoms with Gasteiger partial charge in [-0.1, -0.05) is 25.6 Å². The molecule has 0 fully saturated rings. The van der Waals surface area contributed by atoms with Crippen LogP contribution in [0.3, 0.4) is 0 Å². The Hall–Kier alpha value is -1.57. The number of likely N-dealkylation sites (N-methyl/N-ethyl adjacent to an activating group) is 1. The van der Waals surface area contributed by atoms with Gasteiger partial charge in [0.1, 0.15) is 12.5 Å². The fourth-order valence-electron chi connectivity index (χ4n) is 1.99. The van der Waals surface area contributed by atoms with E-state index >= 15 is 0 Å². The maximum absolute atomic E-state index is 12.6. The minimum Gasteiger partial charge on any atom is -0.466 e. The molecular formula is C17H30N2O5S. The van der Waals surface area contributed by atoms with Crippen molar-refractivity contribution in [3.05, 3.63) is 0 Å². The molecule has 2 atom stereocenters. The average Bonchev–Trinajstić information content (AvgIpc) is 2.58. The fraction of sp³-hybridized carbons (Fsp3) is 0.765. The van der Waals surface area contributed by atoms with Crippen LogP contribution >= 0.6 is 11.8 Å². The Kier molecular flexibility index (Phi) is 11.9. The predicted molar refractivity (Wildman–Crippen MR) is 98.0 cm³/mol. The lowest BCUT2D eigenvalue weighted by molar-refractivity contribution is -0.144. The van der Waals surface area contributed by atoms with Crippen LogP contribution in [0.15, 0.2) is 0 Å². The van der Waals surface area contributed by atoms with Crippen molar-refractivity contribution in [2.45, 2.75) is 53.5 Å². The number of rotatable bonds is 11. The highest BCUT2D eigenvalue weighted by Gasteiger charge is 2.27. The Morgan fingerprint density at radius 2 is 1.68 bits per heavy atom. The van der Waals surface area contributed by atoms with Crippen molar-refractivity contribution in [2.24, 2.45) is 5.92 Å². The highest BCUT2D eigenvalue weighted by molar-refractivity contribution is 8.13.